The first kappa shape index (κ1) is 12.0. The maximum absolute atomic E-state index is 12.1. The summed E-state index contributed by atoms with van der Waals surface area (Å²) in [6.45, 7) is 3.43. The van der Waals surface area contributed by atoms with Crippen molar-refractivity contribution >= 4 is 17.5 Å². The molecule has 0 atom stereocenters. The number of amides is 2. The van der Waals surface area contributed by atoms with E-state index in [0.29, 0.717) is 18.6 Å². The third-order valence-corrected chi connectivity index (χ3v) is 3.16. The fourth-order valence-corrected chi connectivity index (χ4v) is 2.06. The summed E-state index contributed by atoms with van der Waals surface area (Å²) < 4.78 is 0. The lowest BCUT2D eigenvalue weighted by Gasteiger charge is -2.22. The van der Waals surface area contributed by atoms with Crippen molar-refractivity contribution in [3.63, 3.8) is 0 Å². The lowest BCUT2D eigenvalue weighted by molar-refractivity contribution is -0.124. The normalized spacial score (nSPS) is 22.8. The molecule has 2 aliphatic rings. The number of carbonyl (C=O) groups is 2. The van der Waals surface area contributed by atoms with Crippen LogP contribution in [-0.2, 0) is 9.59 Å². The van der Waals surface area contributed by atoms with Gasteiger partial charge in [-0.2, -0.15) is 5.10 Å². The van der Waals surface area contributed by atoms with Gasteiger partial charge in [-0.25, -0.2) is 5.43 Å². The molecule has 17 heavy (non-hydrogen) atoms. The summed E-state index contributed by atoms with van der Waals surface area (Å²) in [6.07, 6.45) is 1.80. The second kappa shape index (κ2) is 5.27. The Kier molecular flexibility index (Phi) is 3.73. The van der Waals surface area contributed by atoms with E-state index in [-0.39, 0.29) is 11.8 Å². The molecule has 2 amide bonds. The third kappa shape index (κ3) is 3.03. The highest BCUT2D eigenvalue weighted by Gasteiger charge is 2.24. The quantitative estimate of drug-likeness (QED) is 0.664. The Bertz CT molecular complexity index is 353. The molecule has 2 rings (SSSR count). The van der Waals surface area contributed by atoms with E-state index in [2.05, 4.69) is 22.5 Å². The summed E-state index contributed by atoms with van der Waals surface area (Å²) in [5.74, 6) is -0.141. The van der Waals surface area contributed by atoms with Crippen LogP contribution in [0.2, 0.25) is 0 Å². The van der Waals surface area contributed by atoms with Gasteiger partial charge in [0.1, 0.15) is 5.71 Å². The van der Waals surface area contributed by atoms with E-state index >= 15 is 0 Å². The van der Waals surface area contributed by atoms with Gasteiger partial charge < -0.3 is 9.80 Å². The molecule has 0 aromatic carbocycles. The first-order valence-corrected chi connectivity index (χ1v) is 6.00. The van der Waals surface area contributed by atoms with Gasteiger partial charge >= 0.3 is 0 Å². The molecule has 0 aliphatic carbocycles. The molecule has 0 unspecified atom stereocenters. The Labute approximate surface area is 101 Å². The molecule has 6 heteroatoms. The van der Waals surface area contributed by atoms with Crippen molar-refractivity contribution in [3.05, 3.63) is 0 Å². The average molecular weight is 238 g/mol. The zero-order valence-electron chi connectivity index (χ0n) is 10.1. The van der Waals surface area contributed by atoms with Gasteiger partial charge in [-0.15, -0.1) is 0 Å². The van der Waals surface area contributed by atoms with Crippen molar-refractivity contribution in [1.82, 2.24) is 15.2 Å². The molecule has 2 aliphatic heterocycles. The van der Waals surface area contributed by atoms with Crippen molar-refractivity contribution in [2.75, 3.05) is 33.2 Å². The van der Waals surface area contributed by atoms with Gasteiger partial charge in [-0.05, 0) is 20.0 Å². The van der Waals surface area contributed by atoms with Crippen LogP contribution in [-0.4, -0.2) is 60.6 Å². The molecular formula is C11H18N4O2. The molecule has 0 radical (unpaired) electrons. The van der Waals surface area contributed by atoms with Crippen LogP contribution in [0.4, 0.5) is 0 Å². The molecule has 1 fully saturated rings. The Hall–Kier alpha value is -1.43. The van der Waals surface area contributed by atoms with Crippen LogP contribution >= 0.6 is 0 Å². The van der Waals surface area contributed by atoms with Gasteiger partial charge in [0.25, 0.3) is 5.91 Å². The van der Waals surface area contributed by atoms with Gasteiger partial charge in [-0.1, -0.05) is 0 Å². The maximum atomic E-state index is 12.1. The van der Waals surface area contributed by atoms with Crippen LogP contribution in [0.1, 0.15) is 19.3 Å². The number of hydrogen-bond donors (Lipinski definition) is 1. The van der Waals surface area contributed by atoms with Crippen molar-refractivity contribution in [2.24, 2.45) is 5.10 Å². The van der Waals surface area contributed by atoms with E-state index in [1.807, 2.05) is 4.90 Å². The van der Waals surface area contributed by atoms with Gasteiger partial charge in [0, 0.05) is 32.5 Å². The number of hydrogen-bond acceptors (Lipinski definition) is 4. The average Bonchev–Trinajstić information content (AvgIpc) is 2.54. The van der Waals surface area contributed by atoms with Crippen LogP contribution in [0.3, 0.4) is 0 Å². The van der Waals surface area contributed by atoms with E-state index in [0.717, 1.165) is 32.6 Å². The summed E-state index contributed by atoms with van der Waals surface area (Å²) in [5, 5.41) is 3.85. The topological polar surface area (TPSA) is 65.0 Å². The second-order valence-corrected chi connectivity index (χ2v) is 4.54. The minimum Gasteiger partial charge on any atom is -0.336 e. The first-order valence-electron chi connectivity index (χ1n) is 6.00. The van der Waals surface area contributed by atoms with Crippen molar-refractivity contribution in [3.8, 4) is 0 Å². The number of nitrogens with one attached hydrogen (secondary N) is 1. The predicted molar refractivity (Wildman–Crippen MR) is 63.5 cm³/mol. The number of rotatable bonds is 1. The van der Waals surface area contributed by atoms with Crippen LogP contribution in [0.25, 0.3) is 0 Å². The predicted octanol–water partition coefficient (Wildman–Crippen LogP) is -0.583. The van der Waals surface area contributed by atoms with Crippen molar-refractivity contribution in [1.29, 1.82) is 0 Å². The van der Waals surface area contributed by atoms with E-state index in [9.17, 15) is 9.59 Å². The van der Waals surface area contributed by atoms with Crippen LogP contribution in [0.15, 0.2) is 5.10 Å². The zero-order chi connectivity index (χ0) is 12.3. The smallest absolute Gasteiger partial charge is 0.270 e. The van der Waals surface area contributed by atoms with Crippen molar-refractivity contribution < 1.29 is 9.59 Å². The van der Waals surface area contributed by atoms with E-state index in [1.165, 1.54) is 0 Å². The second-order valence-electron chi connectivity index (χ2n) is 4.54. The summed E-state index contributed by atoms with van der Waals surface area (Å²) in [5.41, 5.74) is 2.85. The first-order chi connectivity index (χ1) is 8.16. The lowest BCUT2D eigenvalue weighted by Crippen LogP contribution is -2.41. The Balaban J connectivity index is 1.97. The number of likely N-dealkylation sites (N-methyl/N-ethyl adjacent to an activating group) is 1. The Morgan fingerprint density at radius 3 is 2.76 bits per heavy atom. The molecule has 0 spiro atoms. The van der Waals surface area contributed by atoms with Crippen molar-refractivity contribution in [2.45, 2.75) is 19.3 Å². The number of hydrazone groups is 1. The maximum Gasteiger partial charge on any atom is 0.270 e. The SMILES string of the molecule is CN1CCCN(C(=O)C2=NNC(=O)CC2)CC1. The van der Waals surface area contributed by atoms with E-state index in [4.69, 9.17) is 0 Å². The molecule has 2 heterocycles. The summed E-state index contributed by atoms with van der Waals surface area (Å²) >= 11 is 0. The molecule has 94 valence electrons. The molecule has 6 nitrogen and oxygen atoms in total. The van der Waals surface area contributed by atoms with E-state index in [1.54, 1.807) is 0 Å². The fourth-order valence-electron chi connectivity index (χ4n) is 2.06. The molecule has 0 aromatic rings. The minimum atomic E-state index is -0.114. The van der Waals surface area contributed by atoms with Crippen LogP contribution < -0.4 is 5.43 Å². The standard InChI is InChI=1S/C11H18N4O2/c1-14-5-2-6-15(8-7-14)11(17)9-3-4-10(16)13-12-9/h2-8H2,1H3,(H,13,16). The fraction of sp³-hybridized carbons (Fsp3) is 0.727. The Morgan fingerprint density at radius 1 is 1.24 bits per heavy atom. The zero-order valence-corrected chi connectivity index (χ0v) is 10.1. The third-order valence-electron chi connectivity index (χ3n) is 3.16. The van der Waals surface area contributed by atoms with Gasteiger partial charge in [0.2, 0.25) is 5.91 Å². The molecule has 1 saturated heterocycles. The molecule has 0 bridgehead atoms. The molecular weight excluding hydrogens is 220 g/mol. The highest BCUT2D eigenvalue weighted by Crippen LogP contribution is 2.07. The monoisotopic (exact) mass is 238 g/mol. The molecule has 0 saturated carbocycles. The minimum absolute atomic E-state index is 0.0275. The summed E-state index contributed by atoms with van der Waals surface area (Å²) in [7, 11) is 2.06. The Morgan fingerprint density at radius 2 is 2.06 bits per heavy atom. The highest BCUT2D eigenvalue weighted by atomic mass is 16.2. The van der Waals surface area contributed by atoms with Gasteiger partial charge in [-0.3, -0.25) is 9.59 Å². The summed E-state index contributed by atoms with van der Waals surface area (Å²) in [6, 6.07) is 0. The molecule has 1 N–H and O–H groups in total. The molecule has 0 aromatic heterocycles. The number of nitrogens with zero attached hydrogens (tertiary/aromatic N) is 3. The summed E-state index contributed by atoms with van der Waals surface area (Å²) in [4.78, 5) is 27.2. The van der Waals surface area contributed by atoms with E-state index < -0.39 is 0 Å². The lowest BCUT2D eigenvalue weighted by atomic mass is 10.1. The largest absolute Gasteiger partial charge is 0.336 e. The number of carbonyl (C=O) groups excluding carboxylic acids is 2. The highest BCUT2D eigenvalue weighted by molar-refractivity contribution is 6.39. The van der Waals surface area contributed by atoms with Crippen LogP contribution in [0, 0.1) is 0 Å². The van der Waals surface area contributed by atoms with Gasteiger partial charge in [0.05, 0.1) is 0 Å². The van der Waals surface area contributed by atoms with Crippen LogP contribution in [0.5, 0.6) is 0 Å². The van der Waals surface area contributed by atoms with Gasteiger partial charge in [0.15, 0.2) is 0 Å².